The third-order valence-corrected chi connectivity index (χ3v) is 21.2. The van der Waals surface area contributed by atoms with Crippen molar-refractivity contribution >= 4 is 44.1 Å². The van der Waals surface area contributed by atoms with Crippen molar-refractivity contribution in [3.8, 4) is 9.47 Å². The SMILES string of the molecule is Cc1ccc(S(=O)(=O)N2C(=O)c3ccccc3I2C#C[Si](C(C)C)(C(C)C)C(C)C)cc1. The Morgan fingerprint density at radius 2 is 1.41 bits per heavy atom. The molecule has 4 nitrogen and oxygen atoms in total. The van der Waals surface area contributed by atoms with Gasteiger partial charge in [-0.3, -0.25) is 0 Å². The van der Waals surface area contributed by atoms with Gasteiger partial charge in [0.15, 0.2) is 0 Å². The monoisotopic (exact) mass is 581 g/mol. The van der Waals surface area contributed by atoms with Crippen LogP contribution in [0.15, 0.2) is 53.4 Å². The Morgan fingerprint density at radius 1 is 0.875 bits per heavy atom. The Morgan fingerprint density at radius 3 is 1.94 bits per heavy atom. The number of sulfonamides is 1. The summed E-state index contributed by atoms with van der Waals surface area (Å²) in [6.07, 6.45) is 0. The van der Waals surface area contributed by atoms with E-state index in [0.29, 0.717) is 22.2 Å². The summed E-state index contributed by atoms with van der Waals surface area (Å²) in [5.74, 6) is -0.438. The molecule has 32 heavy (non-hydrogen) atoms. The fourth-order valence-electron chi connectivity index (χ4n) is 4.70. The molecule has 0 atom stereocenters. The summed E-state index contributed by atoms with van der Waals surface area (Å²) >= 11 is -2.84. The minimum absolute atomic E-state index is 0.147. The van der Waals surface area contributed by atoms with Crippen LogP contribution in [0.1, 0.15) is 57.5 Å². The van der Waals surface area contributed by atoms with E-state index in [-0.39, 0.29) is 4.90 Å². The van der Waals surface area contributed by atoms with Crippen LogP contribution in [0.4, 0.5) is 0 Å². The molecule has 1 heterocycles. The van der Waals surface area contributed by atoms with Crippen molar-refractivity contribution in [3.63, 3.8) is 0 Å². The van der Waals surface area contributed by atoms with Crippen LogP contribution >= 0.6 is 20.1 Å². The molecule has 2 aromatic rings. The van der Waals surface area contributed by atoms with Crippen LogP contribution in [0.2, 0.25) is 16.6 Å². The van der Waals surface area contributed by atoms with Crippen LogP contribution in [0.5, 0.6) is 0 Å². The van der Waals surface area contributed by atoms with Gasteiger partial charge in [0, 0.05) is 0 Å². The van der Waals surface area contributed by atoms with E-state index in [4.69, 9.17) is 0 Å². The molecule has 172 valence electrons. The minimum atomic E-state index is -3.98. The average molecular weight is 582 g/mol. The Bertz CT molecular complexity index is 1160. The first-order valence-electron chi connectivity index (χ1n) is 10.9. The fourth-order valence-corrected chi connectivity index (χ4v) is 19.3. The Balaban J connectivity index is 2.21. The van der Waals surface area contributed by atoms with E-state index in [0.717, 1.165) is 11.7 Å². The number of rotatable bonds is 5. The normalized spacial score (nSPS) is 15.4. The van der Waals surface area contributed by atoms with Crippen LogP contribution in [0.25, 0.3) is 0 Å². The van der Waals surface area contributed by atoms with Crippen molar-refractivity contribution in [1.82, 2.24) is 2.52 Å². The van der Waals surface area contributed by atoms with Crippen LogP contribution in [0, 0.1) is 20.0 Å². The zero-order valence-electron chi connectivity index (χ0n) is 19.8. The van der Waals surface area contributed by atoms with Gasteiger partial charge in [-0.2, -0.15) is 0 Å². The summed E-state index contributed by atoms with van der Waals surface area (Å²) in [6.45, 7) is 15.3. The molecule has 1 amide bonds. The maximum absolute atomic E-state index is 13.6. The van der Waals surface area contributed by atoms with Crippen LogP contribution in [-0.2, 0) is 10.0 Å². The number of carbonyl (C=O) groups excluding carboxylic acids is 1. The van der Waals surface area contributed by atoms with E-state index in [1.165, 1.54) is 0 Å². The number of halogens is 1. The van der Waals surface area contributed by atoms with Crippen molar-refractivity contribution in [2.75, 3.05) is 0 Å². The summed E-state index contributed by atoms with van der Waals surface area (Å²) in [5.41, 5.74) is 6.44. The van der Waals surface area contributed by atoms with Gasteiger partial charge >= 0.3 is 203 Å². The zero-order valence-corrected chi connectivity index (χ0v) is 23.8. The second-order valence-electron chi connectivity index (χ2n) is 9.20. The molecule has 2 aromatic carbocycles. The number of carbonyl (C=O) groups is 1. The molecule has 1 aliphatic heterocycles. The number of benzene rings is 2. The third-order valence-electron chi connectivity index (χ3n) is 6.36. The number of hydrogen-bond donors (Lipinski definition) is 0. The summed E-state index contributed by atoms with van der Waals surface area (Å²) in [4.78, 5) is 13.5. The zero-order chi connectivity index (χ0) is 23.8. The molecule has 0 saturated carbocycles. The first-order chi connectivity index (χ1) is 14.9. The van der Waals surface area contributed by atoms with E-state index < -0.39 is 44.1 Å². The second kappa shape index (κ2) is 9.32. The van der Waals surface area contributed by atoms with Crippen molar-refractivity contribution in [3.05, 3.63) is 63.2 Å². The Labute approximate surface area is 201 Å². The van der Waals surface area contributed by atoms with Crippen molar-refractivity contribution < 1.29 is 13.2 Å². The first kappa shape index (κ1) is 25.0. The van der Waals surface area contributed by atoms with Gasteiger partial charge in [0.1, 0.15) is 0 Å². The molecule has 0 saturated heterocycles. The number of aryl methyl sites for hydroxylation is 1. The van der Waals surface area contributed by atoms with E-state index >= 15 is 0 Å². The summed E-state index contributed by atoms with van der Waals surface area (Å²) in [6, 6.07) is 14.0. The molecule has 7 heteroatoms. The number of fused-ring (bicyclic) bond motifs is 1. The summed E-state index contributed by atoms with van der Waals surface area (Å²) in [5, 5.41) is 0. The van der Waals surface area contributed by atoms with Gasteiger partial charge in [0.25, 0.3) is 0 Å². The van der Waals surface area contributed by atoms with E-state index in [1.807, 2.05) is 19.1 Å². The van der Waals surface area contributed by atoms with Crippen molar-refractivity contribution in [2.45, 2.75) is 70.0 Å². The average Bonchev–Trinajstić information content (AvgIpc) is 3.01. The van der Waals surface area contributed by atoms with Crippen LogP contribution in [-0.4, -0.2) is 24.9 Å². The van der Waals surface area contributed by atoms with Gasteiger partial charge in [-0.05, 0) is 0 Å². The molecule has 0 aliphatic carbocycles. The molecule has 0 N–H and O–H groups in total. The Hall–Kier alpha value is -1.63. The molecular weight excluding hydrogens is 549 g/mol. The predicted octanol–water partition coefficient (Wildman–Crippen LogP) is 6.61. The molecule has 0 bridgehead atoms. The fraction of sp³-hybridized carbons (Fsp3) is 0.400. The molecular formula is C25H32INO3SSi. The number of nitrogens with zero attached hydrogens (tertiary/aromatic N) is 1. The first-order valence-corrected chi connectivity index (χ1v) is 17.7. The molecule has 0 radical (unpaired) electrons. The second-order valence-corrected chi connectivity index (χ2v) is 21.4. The molecule has 0 fully saturated rings. The third kappa shape index (κ3) is 4.17. The van der Waals surface area contributed by atoms with E-state index in [9.17, 15) is 13.2 Å². The van der Waals surface area contributed by atoms with Gasteiger partial charge in [0.2, 0.25) is 0 Å². The quantitative estimate of drug-likeness (QED) is 0.173. The van der Waals surface area contributed by atoms with Crippen molar-refractivity contribution in [1.29, 1.82) is 0 Å². The van der Waals surface area contributed by atoms with Crippen molar-refractivity contribution in [2.24, 2.45) is 0 Å². The van der Waals surface area contributed by atoms with Crippen LogP contribution < -0.4 is 0 Å². The number of hydrogen-bond acceptors (Lipinski definition) is 3. The molecule has 0 spiro atoms. The van der Waals surface area contributed by atoms with Gasteiger partial charge in [-0.15, -0.1) is 0 Å². The molecule has 0 aromatic heterocycles. The molecule has 1 aliphatic rings. The molecule has 0 unspecified atom stereocenters. The number of amides is 1. The predicted molar refractivity (Wildman–Crippen MR) is 143 cm³/mol. The van der Waals surface area contributed by atoms with Crippen LogP contribution in [0.3, 0.4) is 0 Å². The molecule has 3 rings (SSSR count). The summed E-state index contributed by atoms with van der Waals surface area (Å²) < 4.78 is 32.8. The standard InChI is InChI=1S/C25H32INO3SSi/c1-18(2)32(19(3)4,20(5)6)17-16-26-24-11-9-8-10-23(24)25(28)27(26)31(29,30)22-14-12-21(7)13-15-22/h8-15,18-20H,1-7H3. The van der Waals surface area contributed by atoms with Gasteiger partial charge < -0.3 is 0 Å². The van der Waals surface area contributed by atoms with E-state index in [2.05, 4.69) is 51.0 Å². The Kier molecular flexibility index (Phi) is 7.28. The van der Waals surface area contributed by atoms with Gasteiger partial charge in [-0.25, -0.2) is 0 Å². The van der Waals surface area contributed by atoms with E-state index in [1.54, 1.807) is 36.4 Å². The van der Waals surface area contributed by atoms with Gasteiger partial charge in [-0.1, -0.05) is 0 Å². The maximum atomic E-state index is 13.6. The topological polar surface area (TPSA) is 54.5 Å². The van der Waals surface area contributed by atoms with Gasteiger partial charge in [0.05, 0.1) is 0 Å². The summed E-state index contributed by atoms with van der Waals surface area (Å²) in [7, 11) is -6.05.